The molecule has 0 radical (unpaired) electrons. The second kappa shape index (κ2) is 10.5. The summed E-state index contributed by atoms with van der Waals surface area (Å²) in [6.07, 6.45) is 1.78. The summed E-state index contributed by atoms with van der Waals surface area (Å²) < 4.78 is 2.58. The Kier molecular flexibility index (Phi) is 8.99. The molecule has 0 aromatic heterocycles. The highest BCUT2D eigenvalue weighted by Gasteiger charge is 2.34. The maximum atomic E-state index is 12.0. The molecule has 6 nitrogen and oxygen atoms in total. The number of alkyl halides is 3. The Bertz CT molecular complexity index is 636. The number of benzene rings is 1. The minimum atomic E-state index is -1.88. The van der Waals surface area contributed by atoms with Crippen molar-refractivity contribution in [1.82, 2.24) is 16.0 Å². The summed E-state index contributed by atoms with van der Waals surface area (Å²) in [5.41, 5.74) is 0.839. The number of halogens is 3. The van der Waals surface area contributed by atoms with Crippen LogP contribution in [0.15, 0.2) is 36.4 Å². The first-order valence-corrected chi connectivity index (χ1v) is 8.48. The third-order valence-corrected chi connectivity index (χ3v) is 3.65. The molecular formula is C15H16Cl3N3O3S. The van der Waals surface area contributed by atoms with Gasteiger partial charge in [0.05, 0.1) is 7.11 Å². The topological polar surface area (TPSA) is 79.5 Å². The average Bonchev–Trinajstić information content (AvgIpc) is 2.57. The van der Waals surface area contributed by atoms with Gasteiger partial charge in [-0.3, -0.25) is 9.59 Å². The second-order valence-corrected chi connectivity index (χ2v) is 7.41. The van der Waals surface area contributed by atoms with Gasteiger partial charge in [0.2, 0.25) is 9.70 Å². The van der Waals surface area contributed by atoms with E-state index < -0.39 is 21.8 Å². The number of esters is 1. The van der Waals surface area contributed by atoms with Gasteiger partial charge in [0.15, 0.2) is 5.11 Å². The summed E-state index contributed by atoms with van der Waals surface area (Å²) in [5.74, 6) is -1.02. The number of methoxy groups -OCH3 is 1. The summed E-state index contributed by atoms with van der Waals surface area (Å²) in [4.78, 5) is 23.1. The lowest BCUT2D eigenvalue weighted by atomic mass is 10.2. The molecule has 0 saturated carbocycles. The van der Waals surface area contributed by atoms with Gasteiger partial charge in [0, 0.05) is 6.08 Å². The molecule has 3 N–H and O–H groups in total. The molecule has 0 saturated heterocycles. The third-order valence-electron chi connectivity index (χ3n) is 2.74. The van der Waals surface area contributed by atoms with Crippen LogP contribution in [0.25, 0.3) is 6.08 Å². The van der Waals surface area contributed by atoms with Crippen LogP contribution in [-0.4, -0.2) is 40.6 Å². The lowest BCUT2D eigenvalue weighted by Crippen LogP contribution is -2.57. The number of rotatable bonds is 6. The minimum Gasteiger partial charge on any atom is -0.468 e. The van der Waals surface area contributed by atoms with Crippen molar-refractivity contribution in [3.63, 3.8) is 0 Å². The van der Waals surface area contributed by atoms with Crippen LogP contribution in [0.3, 0.4) is 0 Å². The molecule has 1 aromatic rings. The number of thiocarbonyl (C=S) groups is 1. The van der Waals surface area contributed by atoms with Crippen LogP contribution < -0.4 is 16.0 Å². The Labute approximate surface area is 165 Å². The van der Waals surface area contributed by atoms with Gasteiger partial charge < -0.3 is 20.7 Å². The maximum Gasteiger partial charge on any atom is 0.325 e. The van der Waals surface area contributed by atoms with E-state index in [2.05, 4.69) is 20.7 Å². The van der Waals surface area contributed by atoms with E-state index >= 15 is 0 Å². The lowest BCUT2D eigenvalue weighted by Gasteiger charge is -2.27. The molecule has 0 aliphatic carbocycles. The van der Waals surface area contributed by atoms with Crippen LogP contribution in [0, 0.1) is 0 Å². The highest BCUT2D eigenvalue weighted by atomic mass is 35.6. The van der Waals surface area contributed by atoms with Gasteiger partial charge in [-0.15, -0.1) is 0 Å². The number of amides is 1. The summed E-state index contributed by atoms with van der Waals surface area (Å²) in [7, 11) is 1.24. The van der Waals surface area contributed by atoms with E-state index in [4.69, 9.17) is 47.0 Å². The lowest BCUT2D eigenvalue weighted by molar-refractivity contribution is -0.139. The van der Waals surface area contributed by atoms with Crippen molar-refractivity contribution in [2.24, 2.45) is 0 Å². The van der Waals surface area contributed by atoms with Gasteiger partial charge in [-0.1, -0.05) is 65.1 Å². The molecule has 1 rings (SSSR count). The zero-order chi connectivity index (χ0) is 18.9. The molecule has 0 aliphatic heterocycles. The highest BCUT2D eigenvalue weighted by Crippen LogP contribution is 2.29. The summed E-state index contributed by atoms with van der Waals surface area (Å²) >= 11 is 22.5. The fourth-order valence-corrected chi connectivity index (χ4v) is 2.05. The zero-order valence-electron chi connectivity index (χ0n) is 13.1. The molecule has 0 bridgehead atoms. The number of hydrogen-bond acceptors (Lipinski definition) is 4. The van der Waals surface area contributed by atoms with Gasteiger partial charge in [-0.2, -0.15) is 0 Å². The van der Waals surface area contributed by atoms with Crippen molar-refractivity contribution in [3.05, 3.63) is 42.0 Å². The molecule has 10 heteroatoms. The van der Waals surface area contributed by atoms with Crippen LogP contribution in [0.5, 0.6) is 0 Å². The molecule has 1 aromatic carbocycles. The fraction of sp³-hybridized carbons (Fsp3) is 0.267. The molecular weight excluding hydrogens is 409 g/mol. The van der Waals surface area contributed by atoms with Gasteiger partial charge in [0.25, 0.3) is 0 Å². The highest BCUT2D eigenvalue weighted by molar-refractivity contribution is 7.80. The summed E-state index contributed by atoms with van der Waals surface area (Å²) in [5, 5.41) is 7.68. The second-order valence-electron chi connectivity index (χ2n) is 4.63. The first-order chi connectivity index (χ1) is 11.7. The predicted molar refractivity (Wildman–Crippen MR) is 103 cm³/mol. The number of carbonyl (C=O) groups is 2. The SMILES string of the molecule is COC(=O)CNC(=S)NC(NC(=O)C=Cc1ccccc1)C(Cl)(Cl)Cl. The monoisotopic (exact) mass is 423 g/mol. The van der Waals surface area contributed by atoms with Crippen molar-refractivity contribution in [2.45, 2.75) is 9.96 Å². The molecule has 136 valence electrons. The summed E-state index contributed by atoms with van der Waals surface area (Å²) in [6, 6.07) is 9.21. The average molecular weight is 425 g/mol. The minimum absolute atomic E-state index is 0.00839. The van der Waals surface area contributed by atoms with E-state index in [9.17, 15) is 9.59 Å². The van der Waals surface area contributed by atoms with Crippen LogP contribution in [0.4, 0.5) is 0 Å². The van der Waals surface area contributed by atoms with Crippen molar-refractivity contribution >= 4 is 70.1 Å². The van der Waals surface area contributed by atoms with E-state index in [1.165, 1.54) is 13.2 Å². The smallest absolute Gasteiger partial charge is 0.325 e. The Balaban J connectivity index is 2.64. The fourth-order valence-electron chi connectivity index (χ4n) is 1.53. The molecule has 1 unspecified atom stereocenters. The Hall–Kier alpha value is -1.54. The molecule has 0 spiro atoms. The van der Waals surface area contributed by atoms with Gasteiger partial charge in [-0.25, -0.2) is 0 Å². The number of ether oxygens (including phenoxy) is 1. The van der Waals surface area contributed by atoms with Crippen LogP contribution >= 0.6 is 47.0 Å². The molecule has 0 aliphatic rings. The predicted octanol–water partition coefficient (Wildman–Crippen LogP) is 2.15. The standard InChI is InChI=1S/C15H16Cl3N3O3S/c1-24-12(23)9-19-14(25)21-13(15(16,17)18)20-11(22)8-7-10-5-3-2-4-6-10/h2-8,13H,9H2,1H3,(H,20,22)(H2,19,21,25). The zero-order valence-corrected chi connectivity index (χ0v) is 16.2. The third kappa shape index (κ3) is 8.92. The van der Waals surface area contributed by atoms with Gasteiger partial charge in [0.1, 0.15) is 12.7 Å². The molecule has 25 heavy (non-hydrogen) atoms. The van der Waals surface area contributed by atoms with E-state index in [0.29, 0.717) is 0 Å². The largest absolute Gasteiger partial charge is 0.468 e. The van der Waals surface area contributed by atoms with Crippen molar-refractivity contribution in [2.75, 3.05) is 13.7 Å². The van der Waals surface area contributed by atoms with Crippen LogP contribution in [0.1, 0.15) is 5.56 Å². The van der Waals surface area contributed by atoms with Crippen molar-refractivity contribution in [1.29, 1.82) is 0 Å². The quantitative estimate of drug-likeness (QED) is 0.213. The van der Waals surface area contributed by atoms with E-state index in [1.807, 2.05) is 30.3 Å². The Morgan fingerprint density at radius 1 is 1.24 bits per heavy atom. The van der Waals surface area contributed by atoms with Gasteiger partial charge >= 0.3 is 5.97 Å². The normalized spacial score (nSPS) is 12.3. The molecule has 0 heterocycles. The van der Waals surface area contributed by atoms with Gasteiger partial charge in [-0.05, 0) is 23.9 Å². The Morgan fingerprint density at radius 3 is 2.44 bits per heavy atom. The summed E-state index contributed by atoms with van der Waals surface area (Å²) in [6.45, 7) is -0.170. The Morgan fingerprint density at radius 2 is 1.88 bits per heavy atom. The van der Waals surface area contributed by atoms with Crippen molar-refractivity contribution < 1.29 is 14.3 Å². The first-order valence-electron chi connectivity index (χ1n) is 6.94. The number of hydrogen-bond donors (Lipinski definition) is 3. The van der Waals surface area contributed by atoms with Crippen LogP contribution in [0.2, 0.25) is 0 Å². The number of nitrogens with one attached hydrogen (secondary N) is 3. The van der Waals surface area contributed by atoms with Crippen molar-refractivity contribution in [3.8, 4) is 0 Å². The molecule has 0 fully saturated rings. The maximum absolute atomic E-state index is 12.0. The van der Waals surface area contributed by atoms with E-state index in [1.54, 1.807) is 6.08 Å². The number of carbonyl (C=O) groups excluding carboxylic acids is 2. The molecule has 1 atom stereocenters. The van der Waals surface area contributed by atoms with E-state index in [0.717, 1.165) is 5.56 Å². The van der Waals surface area contributed by atoms with E-state index in [-0.39, 0.29) is 11.7 Å². The molecule has 1 amide bonds. The van der Waals surface area contributed by atoms with Crippen LogP contribution in [-0.2, 0) is 14.3 Å². The first kappa shape index (κ1) is 21.5.